The molecule has 2 atom stereocenters. The van der Waals surface area contributed by atoms with Crippen molar-refractivity contribution >= 4 is 5.91 Å². The Morgan fingerprint density at radius 2 is 1.94 bits per heavy atom. The van der Waals surface area contributed by atoms with E-state index in [1.165, 1.54) is 0 Å². The molecule has 0 saturated carbocycles. The first-order valence-electron chi connectivity index (χ1n) is 7.27. The van der Waals surface area contributed by atoms with Crippen LogP contribution in [0.1, 0.15) is 26.7 Å². The molecule has 104 valence electrons. The maximum atomic E-state index is 12.3. The highest BCUT2D eigenvalue weighted by molar-refractivity contribution is 5.80. The first-order valence-corrected chi connectivity index (χ1v) is 7.27. The molecule has 2 heterocycles. The first kappa shape index (κ1) is 13.8. The lowest BCUT2D eigenvalue weighted by Crippen LogP contribution is -2.46. The fourth-order valence-corrected chi connectivity index (χ4v) is 3.15. The first-order chi connectivity index (χ1) is 8.58. The van der Waals surface area contributed by atoms with Crippen molar-refractivity contribution in [2.45, 2.75) is 32.7 Å². The van der Waals surface area contributed by atoms with Gasteiger partial charge in [-0.1, -0.05) is 13.8 Å². The summed E-state index contributed by atoms with van der Waals surface area (Å²) in [7, 11) is 2.15. The van der Waals surface area contributed by atoms with Crippen LogP contribution in [0.25, 0.3) is 0 Å². The average Bonchev–Trinajstić information content (AvgIpc) is 2.81. The van der Waals surface area contributed by atoms with E-state index in [-0.39, 0.29) is 11.8 Å². The molecule has 1 amide bonds. The van der Waals surface area contributed by atoms with Crippen molar-refractivity contribution in [3.63, 3.8) is 0 Å². The van der Waals surface area contributed by atoms with Crippen LogP contribution in [0.3, 0.4) is 0 Å². The van der Waals surface area contributed by atoms with Crippen molar-refractivity contribution in [2.24, 2.45) is 17.8 Å². The topological polar surface area (TPSA) is 44.4 Å². The standard InChI is InChI=1S/C14H27N3O/c1-10(2)12-8-15-9-13(12)14(18)16-11-4-6-17(3)7-5-11/h10-13,15H,4-9H2,1-3H3,(H,16,18). The quantitative estimate of drug-likeness (QED) is 0.778. The van der Waals surface area contributed by atoms with Gasteiger partial charge in [0.1, 0.15) is 0 Å². The molecule has 2 fully saturated rings. The van der Waals surface area contributed by atoms with E-state index in [1.54, 1.807) is 0 Å². The molecule has 4 nitrogen and oxygen atoms in total. The van der Waals surface area contributed by atoms with Gasteiger partial charge < -0.3 is 15.5 Å². The molecule has 0 aromatic heterocycles. The molecular formula is C14H27N3O. The summed E-state index contributed by atoms with van der Waals surface area (Å²) in [6.45, 7) is 8.47. The van der Waals surface area contributed by atoms with E-state index in [1.807, 2.05) is 0 Å². The molecule has 2 unspecified atom stereocenters. The molecule has 0 bridgehead atoms. The van der Waals surface area contributed by atoms with E-state index in [2.05, 4.69) is 36.4 Å². The van der Waals surface area contributed by atoms with Crippen LogP contribution in [0.15, 0.2) is 0 Å². The molecule has 0 aliphatic carbocycles. The minimum absolute atomic E-state index is 0.171. The van der Waals surface area contributed by atoms with Crippen molar-refractivity contribution < 1.29 is 4.79 Å². The minimum atomic E-state index is 0.171. The molecule has 2 saturated heterocycles. The van der Waals surface area contributed by atoms with Gasteiger partial charge >= 0.3 is 0 Å². The summed E-state index contributed by atoms with van der Waals surface area (Å²) in [6.07, 6.45) is 2.18. The lowest BCUT2D eigenvalue weighted by molar-refractivity contribution is -0.127. The molecular weight excluding hydrogens is 226 g/mol. The maximum absolute atomic E-state index is 12.3. The number of hydrogen-bond donors (Lipinski definition) is 2. The zero-order valence-corrected chi connectivity index (χ0v) is 11.9. The number of carbonyl (C=O) groups is 1. The SMILES string of the molecule is CC(C)C1CNCC1C(=O)NC1CCN(C)CC1. The number of amides is 1. The maximum Gasteiger partial charge on any atom is 0.224 e. The van der Waals surface area contributed by atoms with Crippen LogP contribution in [0, 0.1) is 17.8 Å². The van der Waals surface area contributed by atoms with Gasteiger partial charge in [-0.05, 0) is 51.4 Å². The Kier molecular flexibility index (Phi) is 4.62. The molecule has 0 spiro atoms. The fourth-order valence-electron chi connectivity index (χ4n) is 3.15. The second-order valence-electron chi connectivity index (χ2n) is 6.26. The number of piperidine rings is 1. The van der Waals surface area contributed by atoms with Gasteiger partial charge in [0.25, 0.3) is 0 Å². The summed E-state index contributed by atoms with van der Waals surface area (Å²) in [5.74, 6) is 1.52. The molecule has 18 heavy (non-hydrogen) atoms. The lowest BCUT2D eigenvalue weighted by atomic mass is 9.85. The van der Waals surface area contributed by atoms with Gasteiger partial charge in [-0.2, -0.15) is 0 Å². The zero-order chi connectivity index (χ0) is 13.1. The minimum Gasteiger partial charge on any atom is -0.353 e. The van der Waals surface area contributed by atoms with E-state index < -0.39 is 0 Å². The highest BCUT2D eigenvalue weighted by Gasteiger charge is 2.35. The largest absolute Gasteiger partial charge is 0.353 e. The predicted molar refractivity (Wildman–Crippen MR) is 73.3 cm³/mol. The fraction of sp³-hybridized carbons (Fsp3) is 0.929. The highest BCUT2D eigenvalue weighted by atomic mass is 16.2. The second kappa shape index (κ2) is 6.02. The van der Waals surface area contributed by atoms with Crippen molar-refractivity contribution in [1.29, 1.82) is 0 Å². The lowest BCUT2D eigenvalue weighted by Gasteiger charge is -2.31. The van der Waals surface area contributed by atoms with Gasteiger partial charge in [0.05, 0.1) is 5.92 Å². The van der Waals surface area contributed by atoms with Crippen LogP contribution in [0.4, 0.5) is 0 Å². The van der Waals surface area contributed by atoms with Crippen LogP contribution in [0.5, 0.6) is 0 Å². The van der Waals surface area contributed by atoms with Crippen molar-refractivity contribution in [1.82, 2.24) is 15.5 Å². The highest BCUT2D eigenvalue weighted by Crippen LogP contribution is 2.25. The Labute approximate surface area is 110 Å². The third-order valence-corrected chi connectivity index (χ3v) is 4.52. The van der Waals surface area contributed by atoms with E-state index in [0.29, 0.717) is 17.9 Å². The molecule has 0 radical (unpaired) electrons. The van der Waals surface area contributed by atoms with Gasteiger partial charge in [0.2, 0.25) is 5.91 Å². The number of nitrogens with one attached hydrogen (secondary N) is 2. The van der Waals surface area contributed by atoms with Gasteiger partial charge in [-0.25, -0.2) is 0 Å². The summed E-state index contributed by atoms with van der Waals surface area (Å²) in [5, 5.41) is 6.62. The molecule has 0 aromatic rings. The third kappa shape index (κ3) is 3.23. The van der Waals surface area contributed by atoms with Gasteiger partial charge in [0.15, 0.2) is 0 Å². The number of likely N-dealkylation sites (tertiary alicyclic amines) is 1. The van der Waals surface area contributed by atoms with Gasteiger partial charge in [-0.3, -0.25) is 4.79 Å². The number of rotatable bonds is 3. The Morgan fingerprint density at radius 3 is 2.56 bits per heavy atom. The number of hydrogen-bond acceptors (Lipinski definition) is 3. The van der Waals surface area contributed by atoms with E-state index >= 15 is 0 Å². The summed E-state index contributed by atoms with van der Waals surface area (Å²) in [6, 6.07) is 0.391. The molecule has 2 rings (SSSR count). The van der Waals surface area contributed by atoms with E-state index in [4.69, 9.17) is 0 Å². The molecule has 0 aromatic carbocycles. The second-order valence-corrected chi connectivity index (χ2v) is 6.26. The summed E-state index contributed by atoms with van der Waals surface area (Å²) >= 11 is 0. The summed E-state index contributed by atoms with van der Waals surface area (Å²) < 4.78 is 0. The van der Waals surface area contributed by atoms with Crippen molar-refractivity contribution in [3.8, 4) is 0 Å². The smallest absolute Gasteiger partial charge is 0.224 e. The average molecular weight is 253 g/mol. The van der Waals surface area contributed by atoms with Gasteiger partial charge in [-0.15, -0.1) is 0 Å². The summed E-state index contributed by atoms with van der Waals surface area (Å²) in [4.78, 5) is 14.7. The Hall–Kier alpha value is -0.610. The van der Waals surface area contributed by atoms with Crippen LogP contribution in [-0.4, -0.2) is 50.1 Å². The Morgan fingerprint density at radius 1 is 1.28 bits per heavy atom. The van der Waals surface area contributed by atoms with Crippen LogP contribution in [-0.2, 0) is 4.79 Å². The summed E-state index contributed by atoms with van der Waals surface area (Å²) in [5.41, 5.74) is 0. The Balaban J connectivity index is 1.84. The monoisotopic (exact) mass is 253 g/mol. The molecule has 4 heteroatoms. The van der Waals surface area contributed by atoms with Crippen LogP contribution >= 0.6 is 0 Å². The molecule has 2 aliphatic heterocycles. The van der Waals surface area contributed by atoms with Gasteiger partial charge in [0, 0.05) is 12.6 Å². The normalized spacial score (nSPS) is 30.9. The van der Waals surface area contributed by atoms with Crippen LogP contribution < -0.4 is 10.6 Å². The van der Waals surface area contributed by atoms with Crippen molar-refractivity contribution in [3.05, 3.63) is 0 Å². The molecule has 2 N–H and O–H groups in total. The number of nitrogens with zero attached hydrogens (tertiary/aromatic N) is 1. The molecule has 2 aliphatic rings. The number of carbonyl (C=O) groups excluding carboxylic acids is 1. The zero-order valence-electron chi connectivity index (χ0n) is 11.9. The van der Waals surface area contributed by atoms with Crippen LogP contribution in [0.2, 0.25) is 0 Å². The van der Waals surface area contributed by atoms with E-state index in [0.717, 1.165) is 39.0 Å². The van der Waals surface area contributed by atoms with Crippen molar-refractivity contribution in [2.75, 3.05) is 33.2 Å². The third-order valence-electron chi connectivity index (χ3n) is 4.52. The van der Waals surface area contributed by atoms with E-state index in [9.17, 15) is 4.79 Å². The predicted octanol–water partition coefficient (Wildman–Crippen LogP) is 0.688. The Bertz CT molecular complexity index is 285.